The maximum atomic E-state index is 5.98. The van der Waals surface area contributed by atoms with Crippen molar-refractivity contribution in [2.24, 2.45) is 5.73 Å². The molecule has 0 amide bonds. The third kappa shape index (κ3) is 1.79. The SMILES string of the molecule is CC1(c2noc(C3(CN)CCCCC3)n2)CC1. The van der Waals surface area contributed by atoms with E-state index in [1.807, 2.05) is 0 Å². The highest BCUT2D eigenvalue weighted by molar-refractivity contribution is 5.17. The van der Waals surface area contributed by atoms with Gasteiger partial charge in [0.1, 0.15) is 0 Å². The zero-order valence-electron chi connectivity index (χ0n) is 10.5. The van der Waals surface area contributed by atoms with Crippen LogP contribution in [0.1, 0.15) is 63.6 Å². The molecule has 1 aromatic heterocycles. The van der Waals surface area contributed by atoms with E-state index in [9.17, 15) is 0 Å². The third-order valence-electron chi connectivity index (χ3n) is 4.62. The summed E-state index contributed by atoms with van der Waals surface area (Å²) in [5, 5.41) is 4.18. The van der Waals surface area contributed by atoms with Crippen LogP contribution in [0.15, 0.2) is 4.52 Å². The third-order valence-corrected chi connectivity index (χ3v) is 4.62. The van der Waals surface area contributed by atoms with Crippen molar-refractivity contribution in [1.29, 1.82) is 0 Å². The van der Waals surface area contributed by atoms with Gasteiger partial charge in [0.25, 0.3) is 0 Å². The molecular formula is C13H21N3O. The minimum absolute atomic E-state index is 0.0330. The summed E-state index contributed by atoms with van der Waals surface area (Å²) >= 11 is 0. The quantitative estimate of drug-likeness (QED) is 0.873. The Morgan fingerprint density at radius 2 is 1.88 bits per heavy atom. The van der Waals surface area contributed by atoms with Gasteiger partial charge in [0.05, 0.1) is 5.41 Å². The molecule has 1 heterocycles. The smallest absolute Gasteiger partial charge is 0.234 e. The minimum Gasteiger partial charge on any atom is -0.339 e. The summed E-state index contributed by atoms with van der Waals surface area (Å²) in [5.74, 6) is 1.69. The van der Waals surface area contributed by atoms with Gasteiger partial charge in [-0.25, -0.2) is 0 Å². The predicted octanol–water partition coefficient (Wildman–Crippen LogP) is 2.28. The van der Waals surface area contributed by atoms with Crippen molar-refractivity contribution >= 4 is 0 Å². The van der Waals surface area contributed by atoms with Crippen molar-refractivity contribution in [1.82, 2.24) is 10.1 Å². The molecule has 2 aliphatic rings. The molecule has 4 heteroatoms. The molecule has 2 saturated carbocycles. The van der Waals surface area contributed by atoms with Crippen molar-refractivity contribution in [3.8, 4) is 0 Å². The number of hydrogen-bond donors (Lipinski definition) is 1. The van der Waals surface area contributed by atoms with Gasteiger partial charge in [-0.2, -0.15) is 4.98 Å². The molecule has 0 aliphatic heterocycles. The lowest BCUT2D eigenvalue weighted by molar-refractivity contribution is 0.219. The van der Waals surface area contributed by atoms with E-state index in [2.05, 4.69) is 17.1 Å². The van der Waals surface area contributed by atoms with Crippen LogP contribution in [0.25, 0.3) is 0 Å². The predicted molar refractivity (Wildman–Crippen MR) is 64.7 cm³/mol. The lowest BCUT2D eigenvalue weighted by Crippen LogP contribution is -2.37. The summed E-state index contributed by atoms with van der Waals surface area (Å²) in [6, 6.07) is 0. The van der Waals surface area contributed by atoms with Crippen LogP contribution in [0.4, 0.5) is 0 Å². The molecule has 2 N–H and O–H groups in total. The monoisotopic (exact) mass is 235 g/mol. The molecule has 2 fully saturated rings. The van der Waals surface area contributed by atoms with Crippen LogP contribution in [0.2, 0.25) is 0 Å². The van der Waals surface area contributed by atoms with Crippen molar-refractivity contribution in [2.45, 2.75) is 62.7 Å². The molecule has 0 spiro atoms. The van der Waals surface area contributed by atoms with Crippen molar-refractivity contribution in [3.05, 3.63) is 11.7 Å². The summed E-state index contributed by atoms with van der Waals surface area (Å²) in [6.45, 7) is 2.84. The molecule has 3 rings (SSSR count). The van der Waals surface area contributed by atoms with Gasteiger partial charge < -0.3 is 10.3 Å². The molecule has 2 aliphatic carbocycles. The molecule has 0 aromatic carbocycles. The van der Waals surface area contributed by atoms with Crippen molar-refractivity contribution < 1.29 is 4.52 Å². The van der Waals surface area contributed by atoms with E-state index >= 15 is 0 Å². The number of hydrogen-bond acceptors (Lipinski definition) is 4. The fourth-order valence-corrected chi connectivity index (χ4v) is 2.83. The summed E-state index contributed by atoms with van der Waals surface area (Å²) in [4.78, 5) is 4.65. The second-order valence-electron chi connectivity index (χ2n) is 6.03. The molecular weight excluding hydrogens is 214 g/mol. The van der Waals surface area contributed by atoms with Crippen molar-refractivity contribution in [2.75, 3.05) is 6.54 Å². The van der Waals surface area contributed by atoms with E-state index in [0.29, 0.717) is 6.54 Å². The number of nitrogens with two attached hydrogens (primary N) is 1. The van der Waals surface area contributed by atoms with Gasteiger partial charge in [-0.1, -0.05) is 31.3 Å². The van der Waals surface area contributed by atoms with E-state index in [1.54, 1.807) is 0 Å². The van der Waals surface area contributed by atoms with Crippen LogP contribution in [-0.4, -0.2) is 16.7 Å². The average molecular weight is 235 g/mol. The lowest BCUT2D eigenvalue weighted by Gasteiger charge is -2.32. The molecule has 4 nitrogen and oxygen atoms in total. The zero-order chi connectivity index (χ0) is 11.9. The highest BCUT2D eigenvalue weighted by atomic mass is 16.5. The molecule has 0 unspecified atom stereocenters. The zero-order valence-corrected chi connectivity index (χ0v) is 10.5. The molecule has 94 valence electrons. The molecule has 17 heavy (non-hydrogen) atoms. The highest BCUT2D eigenvalue weighted by Gasteiger charge is 2.45. The average Bonchev–Trinajstić information content (AvgIpc) is 2.94. The number of nitrogens with zero attached hydrogens (tertiary/aromatic N) is 2. The Bertz CT molecular complexity index is 403. The number of rotatable bonds is 3. The molecule has 0 saturated heterocycles. The Labute approximate surface area is 102 Å². The summed E-state index contributed by atoms with van der Waals surface area (Å²) in [5.41, 5.74) is 6.13. The highest BCUT2D eigenvalue weighted by Crippen LogP contribution is 2.47. The minimum atomic E-state index is -0.0330. The van der Waals surface area contributed by atoms with Crippen LogP contribution in [0, 0.1) is 0 Å². The van der Waals surface area contributed by atoms with Gasteiger partial charge in [-0.15, -0.1) is 0 Å². The van der Waals surface area contributed by atoms with Crippen LogP contribution in [0.5, 0.6) is 0 Å². The number of aromatic nitrogens is 2. The maximum absolute atomic E-state index is 5.98. The standard InChI is InChI=1S/C13H21N3O/c1-12(7-8-12)10-15-11(17-16-10)13(9-14)5-3-2-4-6-13/h2-9,14H2,1H3. The molecule has 0 atom stereocenters. The van der Waals surface area contributed by atoms with E-state index in [4.69, 9.17) is 10.3 Å². The van der Waals surface area contributed by atoms with E-state index in [1.165, 1.54) is 32.1 Å². The van der Waals surface area contributed by atoms with Gasteiger partial charge in [0, 0.05) is 12.0 Å². The molecule has 0 radical (unpaired) electrons. The van der Waals surface area contributed by atoms with Crippen molar-refractivity contribution in [3.63, 3.8) is 0 Å². The van der Waals surface area contributed by atoms with E-state index < -0.39 is 0 Å². The van der Waals surface area contributed by atoms with E-state index in [-0.39, 0.29) is 10.8 Å². The van der Waals surface area contributed by atoms with Gasteiger partial charge in [0.15, 0.2) is 5.82 Å². The molecule has 0 bridgehead atoms. The normalized spacial score (nSPS) is 25.8. The Kier molecular flexibility index (Phi) is 2.51. The van der Waals surface area contributed by atoms with Gasteiger partial charge in [-0.05, 0) is 25.7 Å². The Hall–Kier alpha value is -0.900. The first-order valence-electron chi connectivity index (χ1n) is 6.73. The first-order valence-corrected chi connectivity index (χ1v) is 6.73. The lowest BCUT2D eigenvalue weighted by atomic mass is 9.74. The largest absolute Gasteiger partial charge is 0.339 e. The Morgan fingerprint density at radius 1 is 1.18 bits per heavy atom. The summed E-state index contributed by atoms with van der Waals surface area (Å²) < 4.78 is 5.52. The molecule has 1 aromatic rings. The first-order chi connectivity index (χ1) is 8.19. The fraction of sp³-hybridized carbons (Fsp3) is 0.846. The van der Waals surface area contributed by atoms with Crippen LogP contribution in [-0.2, 0) is 10.8 Å². The van der Waals surface area contributed by atoms with Crippen LogP contribution in [0.3, 0.4) is 0 Å². The van der Waals surface area contributed by atoms with Gasteiger partial charge in [-0.3, -0.25) is 0 Å². The topological polar surface area (TPSA) is 64.9 Å². The maximum Gasteiger partial charge on any atom is 0.234 e. The first kappa shape index (κ1) is 11.2. The summed E-state index contributed by atoms with van der Waals surface area (Å²) in [6.07, 6.45) is 8.33. The van der Waals surface area contributed by atoms with Gasteiger partial charge >= 0.3 is 0 Å². The Morgan fingerprint density at radius 3 is 2.47 bits per heavy atom. The van der Waals surface area contributed by atoms with Crippen LogP contribution >= 0.6 is 0 Å². The second kappa shape index (κ2) is 3.80. The van der Waals surface area contributed by atoms with E-state index in [0.717, 1.165) is 24.6 Å². The second-order valence-corrected chi connectivity index (χ2v) is 6.03. The Balaban J connectivity index is 1.88. The van der Waals surface area contributed by atoms with Gasteiger partial charge in [0.2, 0.25) is 5.89 Å². The summed E-state index contributed by atoms with van der Waals surface area (Å²) in [7, 11) is 0. The fourth-order valence-electron chi connectivity index (χ4n) is 2.83. The van der Waals surface area contributed by atoms with Crippen LogP contribution < -0.4 is 5.73 Å².